The van der Waals surface area contributed by atoms with Crippen molar-refractivity contribution in [3.05, 3.63) is 76.8 Å². The molecule has 0 fully saturated rings. The van der Waals surface area contributed by atoms with E-state index in [1.807, 2.05) is 68.4 Å². The van der Waals surface area contributed by atoms with Gasteiger partial charge in [-0.2, -0.15) is 4.98 Å². The highest BCUT2D eigenvalue weighted by molar-refractivity contribution is 5.83. The van der Waals surface area contributed by atoms with Crippen molar-refractivity contribution in [3.8, 4) is 28.4 Å². The van der Waals surface area contributed by atoms with E-state index in [9.17, 15) is 4.79 Å². The maximum absolute atomic E-state index is 13.5. The van der Waals surface area contributed by atoms with Gasteiger partial charge in [0.1, 0.15) is 5.75 Å². The summed E-state index contributed by atoms with van der Waals surface area (Å²) in [5.74, 6) is 1.21. The first-order valence-corrected chi connectivity index (χ1v) is 9.38. The Morgan fingerprint density at radius 1 is 1.03 bits per heavy atom. The predicted molar refractivity (Wildman–Crippen MR) is 113 cm³/mol. The average molecular weight is 387 g/mol. The quantitative estimate of drug-likeness (QED) is 0.514. The molecule has 6 heteroatoms. The van der Waals surface area contributed by atoms with Gasteiger partial charge in [-0.05, 0) is 55.8 Å². The number of hydrogen-bond acceptors (Lipinski definition) is 5. The summed E-state index contributed by atoms with van der Waals surface area (Å²) in [6, 6.07) is 16.8. The first kappa shape index (κ1) is 18.7. The van der Waals surface area contributed by atoms with E-state index < -0.39 is 0 Å². The number of ether oxygens (including phenoxy) is 2. The fourth-order valence-electron chi connectivity index (χ4n) is 3.20. The van der Waals surface area contributed by atoms with Crippen molar-refractivity contribution in [1.82, 2.24) is 14.5 Å². The Hall–Kier alpha value is -3.67. The Labute approximate surface area is 168 Å². The van der Waals surface area contributed by atoms with E-state index in [0.717, 1.165) is 22.4 Å². The molecule has 0 amide bonds. The monoisotopic (exact) mass is 387 g/mol. The maximum atomic E-state index is 13.5. The largest absolute Gasteiger partial charge is 0.497 e. The average Bonchev–Trinajstić information content (AvgIpc) is 2.75. The lowest BCUT2D eigenvalue weighted by atomic mass is 10.1. The zero-order valence-corrected chi connectivity index (χ0v) is 16.5. The van der Waals surface area contributed by atoms with Crippen LogP contribution < -0.4 is 15.0 Å². The predicted octanol–water partition coefficient (Wildman–Crippen LogP) is 4.16. The fourth-order valence-corrected chi connectivity index (χ4v) is 3.20. The standard InChI is InChI=1S/C23H21N3O3/c1-4-29-21-12-8-17-13-20(16-6-10-19(28-3)11-7-16)23(27)26(22(17)25-21)18-9-5-15(2)24-14-18/h5-14H,4H2,1-3H3. The molecule has 4 rings (SSSR count). The second kappa shape index (κ2) is 7.75. The van der Waals surface area contributed by atoms with Gasteiger partial charge in [0, 0.05) is 22.7 Å². The second-order valence-electron chi connectivity index (χ2n) is 6.58. The lowest BCUT2D eigenvalue weighted by Gasteiger charge is -2.14. The minimum atomic E-state index is -0.172. The lowest BCUT2D eigenvalue weighted by Crippen LogP contribution is -2.21. The van der Waals surface area contributed by atoms with Crippen LogP contribution in [0.3, 0.4) is 0 Å². The van der Waals surface area contributed by atoms with Crippen molar-refractivity contribution in [2.24, 2.45) is 0 Å². The molecule has 0 N–H and O–H groups in total. The molecule has 3 heterocycles. The molecular formula is C23H21N3O3. The molecular weight excluding hydrogens is 366 g/mol. The summed E-state index contributed by atoms with van der Waals surface area (Å²) in [6.07, 6.45) is 1.68. The number of aromatic nitrogens is 3. The van der Waals surface area contributed by atoms with Gasteiger partial charge in [-0.25, -0.2) is 0 Å². The van der Waals surface area contributed by atoms with Gasteiger partial charge >= 0.3 is 0 Å². The molecule has 0 bridgehead atoms. The maximum Gasteiger partial charge on any atom is 0.264 e. The Balaban J connectivity index is 2.01. The van der Waals surface area contributed by atoms with Gasteiger partial charge < -0.3 is 9.47 Å². The number of pyridine rings is 3. The normalized spacial score (nSPS) is 10.9. The first-order valence-electron chi connectivity index (χ1n) is 9.38. The van der Waals surface area contributed by atoms with E-state index in [1.165, 1.54) is 0 Å². The molecule has 0 saturated heterocycles. The molecule has 6 nitrogen and oxygen atoms in total. The number of fused-ring (bicyclic) bond motifs is 1. The highest BCUT2D eigenvalue weighted by atomic mass is 16.5. The summed E-state index contributed by atoms with van der Waals surface area (Å²) >= 11 is 0. The van der Waals surface area contributed by atoms with Crippen LogP contribution in [-0.2, 0) is 0 Å². The molecule has 0 aliphatic carbocycles. The van der Waals surface area contributed by atoms with Crippen LogP contribution in [0.1, 0.15) is 12.6 Å². The van der Waals surface area contributed by atoms with E-state index in [4.69, 9.17) is 9.47 Å². The van der Waals surface area contributed by atoms with Crippen LogP contribution in [0.5, 0.6) is 11.6 Å². The van der Waals surface area contributed by atoms with Crippen LogP contribution in [0.2, 0.25) is 0 Å². The minimum Gasteiger partial charge on any atom is -0.497 e. The Morgan fingerprint density at radius 3 is 2.48 bits per heavy atom. The van der Waals surface area contributed by atoms with E-state index in [2.05, 4.69) is 9.97 Å². The number of aryl methyl sites for hydroxylation is 1. The SMILES string of the molecule is CCOc1ccc2cc(-c3ccc(OC)cc3)c(=O)n(-c3ccc(C)nc3)c2n1. The van der Waals surface area contributed by atoms with Crippen molar-refractivity contribution in [1.29, 1.82) is 0 Å². The van der Waals surface area contributed by atoms with Gasteiger partial charge in [-0.3, -0.25) is 14.3 Å². The summed E-state index contributed by atoms with van der Waals surface area (Å²) < 4.78 is 12.4. The number of benzene rings is 1. The Morgan fingerprint density at radius 2 is 1.83 bits per heavy atom. The molecule has 0 spiro atoms. The molecule has 0 radical (unpaired) electrons. The molecule has 0 saturated carbocycles. The molecule has 4 aromatic rings. The highest BCUT2D eigenvalue weighted by Gasteiger charge is 2.15. The molecule has 0 atom stereocenters. The first-order chi connectivity index (χ1) is 14.1. The summed E-state index contributed by atoms with van der Waals surface area (Å²) in [5, 5.41) is 0.833. The van der Waals surface area contributed by atoms with E-state index >= 15 is 0 Å². The summed E-state index contributed by atoms with van der Waals surface area (Å²) in [6.45, 7) is 4.30. The zero-order valence-electron chi connectivity index (χ0n) is 16.5. The zero-order chi connectivity index (χ0) is 20.4. The molecule has 1 aromatic carbocycles. The van der Waals surface area contributed by atoms with Crippen LogP contribution in [0.15, 0.2) is 65.6 Å². The van der Waals surface area contributed by atoms with Crippen molar-refractivity contribution in [3.63, 3.8) is 0 Å². The van der Waals surface area contributed by atoms with Gasteiger partial charge in [-0.15, -0.1) is 0 Å². The topological polar surface area (TPSA) is 66.2 Å². The van der Waals surface area contributed by atoms with Crippen molar-refractivity contribution >= 4 is 11.0 Å². The van der Waals surface area contributed by atoms with Crippen LogP contribution in [0.4, 0.5) is 0 Å². The van der Waals surface area contributed by atoms with Gasteiger partial charge in [-0.1, -0.05) is 12.1 Å². The van der Waals surface area contributed by atoms with Crippen LogP contribution in [-0.4, -0.2) is 28.3 Å². The van der Waals surface area contributed by atoms with E-state index in [-0.39, 0.29) is 5.56 Å². The third-order valence-electron chi connectivity index (χ3n) is 4.67. The molecule has 0 unspecified atom stereocenters. The van der Waals surface area contributed by atoms with Crippen molar-refractivity contribution in [2.75, 3.05) is 13.7 Å². The van der Waals surface area contributed by atoms with Gasteiger partial charge in [0.05, 0.1) is 25.6 Å². The van der Waals surface area contributed by atoms with Gasteiger partial charge in [0.15, 0.2) is 5.65 Å². The number of methoxy groups -OCH3 is 1. The minimum absolute atomic E-state index is 0.172. The number of hydrogen-bond donors (Lipinski definition) is 0. The van der Waals surface area contributed by atoms with Gasteiger partial charge in [0.2, 0.25) is 5.88 Å². The summed E-state index contributed by atoms with van der Waals surface area (Å²) in [7, 11) is 1.62. The molecule has 0 aliphatic rings. The number of rotatable bonds is 5. The number of nitrogens with zero attached hydrogens (tertiary/aromatic N) is 3. The molecule has 146 valence electrons. The van der Waals surface area contributed by atoms with Crippen molar-refractivity contribution in [2.45, 2.75) is 13.8 Å². The summed E-state index contributed by atoms with van der Waals surface area (Å²) in [5.41, 5.74) is 3.27. The summed E-state index contributed by atoms with van der Waals surface area (Å²) in [4.78, 5) is 22.4. The van der Waals surface area contributed by atoms with E-state index in [0.29, 0.717) is 29.4 Å². The fraction of sp³-hybridized carbons (Fsp3) is 0.174. The van der Waals surface area contributed by atoms with Crippen LogP contribution in [0.25, 0.3) is 27.8 Å². The van der Waals surface area contributed by atoms with Crippen molar-refractivity contribution < 1.29 is 9.47 Å². The molecule has 29 heavy (non-hydrogen) atoms. The molecule has 3 aromatic heterocycles. The third kappa shape index (κ3) is 3.57. The van der Waals surface area contributed by atoms with E-state index in [1.54, 1.807) is 17.9 Å². The Kier molecular flexibility index (Phi) is 4.99. The molecule has 0 aliphatic heterocycles. The smallest absolute Gasteiger partial charge is 0.264 e. The second-order valence-corrected chi connectivity index (χ2v) is 6.58. The lowest BCUT2D eigenvalue weighted by molar-refractivity contribution is 0.328. The van der Waals surface area contributed by atoms with Crippen LogP contribution >= 0.6 is 0 Å². The van der Waals surface area contributed by atoms with Crippen LogP contribution in [0, 0.1) is 6.92 Å². The Bertz CT molecular complexity index is 1210. The highest BCUT2D eigenvalue weighted by Crippen LogP contribution is 2.25. The third-order valence-corrected chi connectivity index (χ3v) is 4.67. The van der Waals surface area contributed by atoms with Gasteiger partial charge in [0.25, 0.3) is 5.56 Å².